The van der Waals surface area contributed by atoms with E-state index in [9.17, 15) is 8.78 Å². The Morgan fingerprint density at radius 3 is 2.77 bits per heavy atom. The zero-order valence-corrected chi connectivity index (χ0v) is 15.2. The van der Waals surface area contributed by atoms with Gasteiger partial charge in [0.25, 0.3) is 0 Å². The standard InChI is InChI=1S/C17H24F2N6O/c1-12-23-24-16(25(12)2)11-22-17(20-7-4-8-26-3)21-10-13-9-14(18)5-6-15(13)19/h5-6,9H,4,7-8,10-11H2,1-3H3,(H2,20,21,22). The van der Waals surface area contributed by atoms with Crippen molar-refractivity contribution in [1.29, 1.82) is 0 Å². The van der Waals surface area contributed by atoms with E-state index in [0.29, 0.717) is 25.7 Å². The molecule has 2 aromatic rings. The highest BCUT2D eigenvalue weighted by Crippen LogP contribution is 2.10. The van der Waals surface area contributed by atoms with E-state index in [1.165, 1.54) is 0 Å². The highest BCUT2D eigenvalue weighted by Gasteiger charge is 2.07. The fourth-order valence-corrected chi connectivity index (χ4v) is 2.19. The molecule has 0 aliphatic carbocycles. The molecule has 0 atom stereocenters. The van der Waals surface area contributed by atoms with Gasteiger partial charge in [-0.15, -0.1) is 10.2 Å². The minimum absolute atomic E-state index is 0.0149. The summed E-state index contributed by atoms with van der Waals surface area (Å²) < 4.78 is 33.9. The Balaban J connectivity index is 2.03. The number of benzene rings is 1. The molecule has 1 aromatic carbocycles. The summed E-state index contributed by atoms with van der Waals surface area (Å²) in [4.78, 5) is 4.33. The number of guanidine groups is 1. The molecule has 0 amide bonds. The first-order valence-corrected chi connectivity index (χ1v) is 8.31. The summed E-state index contributed by atoms with van der Waals surface area (Å²) in [5, 5.41) is 14.4. The Bertz CT molecular complexity index is 747. The number of aromatic nitrogens is 3. The van der Waals surface area contributed by atoms with Gasteiger partial charge in [0.2, 0.25) is 0 Å². The van der Waals surface area contributed by atoms with Crippen molar-refractivity contribution in [3.63, 3.8) is 0 Å². The summed E-state index contributed by atoms with van der Waals surface area (Å²) in [7, 11) is 3.51. The van der Waals surface area contributed by atoms with E-state index in [1.54, 1.807) is 7.11 Å². The van der Waals surface area contributed by atoms with E-state index in [-0.39, 0.29) is 12.1 Å². The summed E-state index contributed by atoms with van der Waals surface area (Å²) in [6, 6.07) is 3.33. The molecule has 1 aromatic heterocycles. The highest BCUT2D eigenvalue weighted by molar-refractivity contribution is 5.79. The van der Waals surface area contributed by atoms with Gasteiger partial charge in [-0.25, -0.2) is 13.8 Å². The smallest absolute Gasteiger partial charge is 0.191 e. The van der Waals surface area contributed by atoms with Crippen molar-refractivity contribution in [3.8, 4) is 0 Å². The average Bonchev–Trinajstić information content (AvgIpc) is 2.95. The van der Waals surface area contributed by atoms with Crippen LogP contribution in [0, 0.1) is 18.6 Å². The maximum atomic E-state index is 13.8. The Hall–Kier alpha value is -2.55. The number of halogens is 2. The maximum absolute atomic E-state index is 13.8. The molecular weight excluding hydrogens is 342 g/mol. The Morgan fingerprint density at radius 1 is 1.27 bits per heavy atom. The molecule has 0 fully saturated rings. The Kier molecular flexibility index (Phi) is 7.46. The van der Waals surface area contributed by atoms with Crippen molar-refractivity contribution in [2.24, 2.45) is 12.0 Å². The first kappa shape index (κ1) is 19.8. The zero-order chi connectivity index (χ0) is 18.9. The lowest BCUT2D eigenvalue weighted by Gasteiger charge is -2.12. The molecule has 2 N–H and O–H groups in total. The molecule has 7 nitrogen and oxygen atoms in total. The van der Waals surface area contributed by atoms with Gasteiger partial charge in [0.15, 0.2) is 11.8 Å². The van der Waals surface area contributed by atoms with Crippen LogP contribution in [0.1, 0.15) is 23.6 Å². The summed E-state index contributed by atoms with van der Waals surface area (Å²) in [5.74, 6) is 1.04. The number of hydrogen-bond donors (Lipinski definition) is 2. The van der Waals surface area contributed by atoms with Crippen LogP contribution >= 0.6 is 0 Å². The molecule has 9 heteroatoms. The lowest BCUT2D eigenvalue weighted by atomic mass is 10.2. The molecule has 0 spiro atoms. The number of rotatable bonds is 8. The van der Waals surface area contributed by atoms with Crippen LogP contribution in [-0.2, 0) is 24.9 Å². The molecule has 0 aliphatic heterocycles. The van der Waals surface area contributed by atoms with E-state index in [2.05, 4.69) is 25.8 Å². The maximum Gasteiger partial charge on any atom is 0.191 e. The van der Waals surface area contributed by atoms with Crippen molar-refractivity contribution >= 4 is 5.96 Å². The second-order valence-corrected chi connectivity index (χ2v) is 5.75. The van der Waals surface area contributed by atoms with E-state index in [1.807, 2.05) is 18.5 Å². The largest absolute Gasteiger partial charge is 0.385 e. The van der Waals surface area contributed by atoms with E-state index in [4.69, 9.17) is 4.74 Å². The van der Waals surface area contributed by atoms with E-state index < -0.39 is 11.6 Å². The van der Waals surface area contributed by atoms with Gasteiger partial charge in [0, 0.05) is 32.9 Å². The van der Waals surface area contributed by atoms with Crippen LogP contribution in [0.4, 0.5) is 8.78 Å². The molecule has 0 radical (unpaired) electrons. The lowest BCUT2D eigenvalue weighted by Crippen LogP contribution is -2.38. The Labute approximate surface area is 151 Å². The van der Waals surface area contributed by atoms with Crippen molar-refractivity contribution in [3.05, 3.63) is 47.0 Å². The topological polar surface area (TPSA) is 76.4 Å². The molecule has 0 bridgehead atoms. The van der Waals surface area contributed by atoms with Crippen LogP contribution in [0.2, 0.25) is 0 Å². The third-order valence-corrected chi connectivity index (χ3v) is 3.83. The van der Waals surface area contributed by atoms with Gasteiger partial charge in [0.05, 0.1) is 13.1 Å². The fraction of sp³-hybridized carbons (Fsp3) is 0.471. The van der Waals surface area contributed by atoms with Gasteiger partial charge < -0.3 is 19.9 Å². The molecule has 26 heavy (non-hydrogen) atoms. The molecule has 142 valence electrons. The van der Waals surface area contributed by atoms with Gasteiger partial charge in [-0.05, 0) is 31.5 Å². The van der Waals surface area contributed by atoms with Crippen molar-refractivity contribution in [1.82, 2.24) is 25.4 Å². The Morgan fingerprint density at radius 2 is 2.08 bits per heavy atom. The number of aryl methyl sites for hydroxylation is 1. The molecule has 1 heterocycles. The second-order valence-electron chi connectivity index (χ2n) is 5.75. The quantitative estimate of drug-likeness (QED) is 0.422. The highest BCUT2D eigenvalue weighted by atomic mass is 19.1. The van der Waals surface area contributed by atoms with Crippen LogP contribution in [0.5, 0.6) is 0 Å². The number of nitrogens with one attached hydrogen (secondary N) is 2. The lowest BCUT2D eigenvalue weighted by molar-refractivity contribution is 0.195. The van der Waals surface area contributed by atoms with Crippen molar-refractivity contribution in [2.45, 2.75) is 26.4 Å². The van der Waals surface area contributed by atoms with Gasteiger partial charge in [-0.3, -0.25) is 0 Å². The van der Waals surface area contributed by atoms with Crippen LogP contribution in [0.15, 0.2) is 23.2 Å². The van der Waals surface area contributed by atoms with Crippen LogP contribution in [0.3, 0.4) is 0 Å². The minimum Gasteiger partial charge on any atom is -0.385 e. The predicted molar refractivity (Wildman–Crippen MR) is 94.6 cm³/mol. The number of aliphatic imine (C=N–C) groups is 1. The molecular formula is C17H24F2N6O. The van der Waals surface area contributed by atoms with E-state index >= 15 is 0 Å². The average molecular weight is 366 g/mol. The summed E-state index contributed by atoms with van der Waals surface area (Å²) in [6.45, 7) is 3.52. The molecule has 0 saturated heterocycles. The number of hydrogen-bond acceptors (Lipinski definition) is 4. The summed E-state index contributed by atoms with van der Waals surface area (Å²) in [6.07, 6.45) is 0.786. The third-order valence-electron chi connectivity index (χ3n) is 3.83. The minimum atomic E-state index is -0.492. The normalized spacial score (nSPS) is 11.7. The van der Waals surface area contributed by atoms with E-state index in [0.717, 1.165) is 36.3 Å². The predicted octanol–water partition coefficient (Wildman–Crippen LogP) is 1.67. The van der Waals surface area contributed by atoms with Gasteiger partial charge in [-0.2, -0.15) is 0 Å². The molecule has 0 saturated carbocycles. The van der Waals surface area contributed by atoms with Crippen molar-refractivity contribution < 1.29 is 13.5 Å². The SMILES string of the molecule is COCCCNC(=NCc1cc(F)ccc1F)NCc1nnc(C)n1C. The monoisotopic (exact) mass is 366 g/mol. The van der Waals surface area contributed by atoms with Crippen molar-refractivity contribution in [2.75, 3.05) is 20.3 Å². The fourth-order valence-electron chi connectivity index (χ4n) is 2.19. The number of ether oxygens (including phenoxy) is 1. The van der Waals surface area contributed by atoms with Gasteiger partial charge in [0.1, 0.15) is 17.5 Å². The van der Waals surface area contributed by atoms with Gasteiger partial charge in [-0.1, -0.05) is 0 Å². The van der Waals surface area contributed by atoms with Crippen LogP contribution in [0.25, 0.3) is 0 Å². The first-order valence-electron chi connectivity index (χ1n) is 8.31. The second kappa shape index (κ2) is 9.81. The zero-order valence-electron chi connectivity index (χ0n) is 15.2. The number of nitrogens with zero attached hydrogens (tertiary/aromatic N) is 4. The molecule has 0 aliphatic rings. The third kappa shape index (κ3) is 5.76. The van der Waals surface area contributed by atoms with Crippen LogP contribution in [-0.4, -0.2) is 41.0 Å². The molecule has 0 unspecified atom stereocenters. The van der Waals surface area contributed by atoms with Gasteiger partial charge >= 0.3 is 0 Å². The summed E-state index contributed by atoms with van der Waals surface area (Å²) >= 11 is 0. The first-order chi connectivity index (χ1) is 12.5. The van der Waals surface area contributed by atoms with Crippen LogP contribution < -0.4 is 10.6 Å². The number of methoxy groups -OCH3 is 1. The summed E-state index contributed by atoms with van der Waals surface area (Å²) in [5.41, 5.74) is 0.192. The molecule has 2 rings (SSSR count).